The molecule has 144 valence electrons. The number of hydrogen-bond donors (Lipinski definition) is 3. The van der Waals surface area contributed by atoms with Crippen LogP contribution < -0.4 is 10.6 Å². The molecule has 25 heavy (non-hydrogen) atoms. The average Bonchev–Trinajstić information content (AvgIpc) is 2.52. The van der Waals surface area contributed by atoms with Crippen LogP contribution in [-0.4, -0.2) is 30.8 Å². The molecule has 1 rings (SSSR count). The molecule has 0 saturated carbocycles. The van der Waals surface area contributed by atoms with E-state index in [1.807, 2.05) is 6.92 Å². The van der Waals surface area contributed by atoms with E-state index < -0.39 is 11.6 Å². The van der Waals surface area contributed by atoms with Gasteiger partial charge in [-0.15, -0.1) is 24.0 Å². The lowest BCUT2D eigenvalue weighted by molar-refractivity contribution is 0.253. The van der Waals surface area contributed by atoms with Crippen molar-refractivity contribution >= 4 is 29.9 Å². The minimum Gasteiger partial charge on any atom is -0.396 e. The molecule has 0 spiro atoms. The highest BCUT2D eigenvalue weighted by molar-refractivity contribution is 14.0. The molecule has 1 aromatic rings. The lowest BCUT2D eigenvalue weighted by Gasteiger charge is -2.20. The molecule has 3 N–H and O–H groups in total. The SMILES string of the molecule is CCCC(CCO)CN=C(NCC)NC(C)c1ccc(F)cc1F.I. The Kier molecular flexibility index (Phi) is 12.8. The first-order valence-electron chi connectivity index (χ1n) is 8.62. The molecule has 2 atom stereocenters. The van der Waals surface area contributed by atoms with Gasteiger partial charge in [0.05, 0.1) is 6.04 Å². The number of aliphatic hydroxyl groups excluding tert-OH is 1. The van der Waals surface area contributed by atoms with Gasteiger partial charge in [0.15, 0.2) is 5.96 Å². The van der Waals surface area contributed by atoms with Crippen molar-refractivity contribution in [2.45, 2.75) is 46.1 Å². The highest BCUT2D eigenvalue weighted by atomic mass is 127. The van der Waals surface area contributed by atoms with Gasteiger partial charge in [-0.2, -0.15) is 0 Å². The fraction of sp³-hybridized carbons (Fsp3) is 0.611. The molecule has 0 radical (unpaired) electrons. The Morgan fingerprint density at radius 1 is 1.24 bits per heavy atom. The second-order valence-electron chi connectivity index (χ2n) is 5.92. The Balaban J connectivity index is 0.00000576. The number of guanidine groups is 1. The van der Waals surface area contributed by atoms with E-state index in [1.54, 1.807) is 6.92 Å². The van der Waals surface area contributed by atoms with Gasteiger partial charge in [0, 0.05) is 31.3 Å². The summed E-state index contributed by atoms with van der Waals surface area (Å²) in [5, 5.41) is 15.4. The van der Waals surface area contributed by atoms with Crippen molar-refractivity contribution in [3.8, 4) is 0 Å². The molecule has 4 nitrogen and oxygen atoms in total. The molecule has 1 aromatic carbocycles. The van der Waals surface area contributed by atoms with Crippen LogP contribution in [0.5, 0.6) is 0 Å². The fourth-order valence-corrected chi connectivity index (χ4v) is 2.59. The normalized spacial score (nSPS) is 13.8. The summed E-state index contributed by atoms with van der Waals surface area (Å²) >= 11 is 0. The van der Waals surface area contributed by atoms with Gasteiger partial charge in [-0.3, -0.25) is 4.99 Å². The Morgan fingerprint density at radius 3 is 2.52 bits per heavy atom. The van der Waals surface area contributed by atoms with Crippen molar-refractivity contribution < 1.29 is 13.9 Å². The number of aliphatic hydroxyl groups is 1. The van der Waals surface area contributed by atoms with Crippen LogP contribution in [0.3, 0.4) is 0 Å². The summed E-state index contributed by atoms with van der Waals surface area (Å²) in [6, 6.07) is 3.23. The minimum absolute atomic E-state index is 0. The average molecular weight is 469 g/mol. The quantitative estimate of drug-likeness (QED) is 0.291. The van der Waals surface area contributed by atoms with Crippen LogP contribution in [-0.2, 0) is 0 Å². The molecule has 7 heteroatoms. The smallest absolute Gasteiger partial charge is 0.191 e. The summed E-state index contributed by atoms with van der Waals surface area (Å²) in [5.41, 5.74) is 0.391. The maximum absolute atomic E-state index is 13.9. The second kappa shape index (κ2) is 13.3. The van der Waals surface area contributed by atoms with Gasteiger partial charge in [-0.25, -0.2) is 8.78 Å². The number of nitrogens with one attached hydrogen (secondary N) is 2. The van der Waals surface area contributed by atoms with E-state index in [0.29, 0.717) is 30.5 Å². The van der Waals surface area contributed by atoms with E-state index in [-0.39, 0.29) is 36.6 Å². The zero-order valence-corrected chi connectivity index (χ0v) is 17.5. The van der Waals surface area contributed by atoms with Crippen molar-refractivity contribution in [2.24, 2.45) is 10.9 Å². The maximum Gasteiger partial charge on any atom is 0.191 e. The summed E-state index contributed by atoms with van der Waals surface area (Å²) < 4.78 is 26.9. The van der Waals surface area contributed by atoms with Gasteiger partial charge in [-0.05, 0) is 38.7 Å². The Morgan fingerprint density at radius 2 is 1.96 bits per heavy atom. The zero-order chi connectivity index (χ0) is 17.9. The van der Waals surface area contributed by atoms with E-state index in [1.165, 1.54) is 12.1 Å². The van der Waals surface area contributed by atoms with Crippen LogP contribution in [0.1, 0.15) is 51.6 Å². The molecule has 0 aliphatic heterocycles. The Labute approximate surface area is 166 Å². The maximum atomic E-state index is 13.9. The molecule has 0 aliphatic rings. The zero-order valence-electron chi connectivity index (χ0n) is 15.2. The predicted molar refractivity (Wildman–Crippen MR) is 109 cm³/mol. The lowest BCUT2D eigenvalue weighted by Crippen LogP contribution is -2.39. The van der Waals surface area contributed by atoms with Crippen molar-refractivity contribution in [3.05, 3.63) is 35.4 Å². The molecule has 2 unspecified atom stereocenters. The van der Waals surface area contributed by atoms with Gasteiger partial charge in [0.25, 0.3) is 0 Å². The number of benzene rings is 1. The molecule has 0 amide bonds. The standard InChI is InChI=1S/C18H29F2N3O.HI/c1-4-6-14(9-10-24)12-22-18(21-5-2)23-13(3)16-8-7-15(19)11-17(16)20;/h7-8,11,13-14,24H,4-6,9-10,12H2,1-3H3,(H2,21,22,23);1H. The van der Waals surface area contributed by atoms with E-state index in [2.05, 4.69) is 22.5 Å². The molecular formula is C18H30F2IN3O. The highest BCUT2D eigenvalue weighted by Gasteiger charge is 2.14. The number of hydrogen-bond acceptors (Lipinski definition) is 2. The van der Waals surface area contributed by atoms with Gasteiger partial charge < -0.3 is 15.7 Å². The first-order chi connectivity index (χ1) is 11.5. The van der Waals surface area contributed by atoms with Crippen LogP contribution >= 0.6 is 24.0 Å². The molecule has 0 bridgehead atoms. The van der Waals surface area contributed by atoms with Gasteiger partial charge >= 0.3 is 0 Å². The van der Waals surface area contributed by atoms with E-state index in [9.17, 15) is 8.78 Å². The van der Waals surface area contributed by atoms with Crippen molar-refractivity contribution in [3.63, 3.8) is 0 Å². The van der Waals surface area contributed by atoms with Crippen LogP contribution in [0.25, 0.3) is 0 Å². The molecule has 0 saturated heterocycles. The fourth-order valence-electron chi connectivity index (χ4n) is 2.59. The van der Waals surface area contributed by atoms with Gasteiger partial charge in [0.2, 0.25) is 0 Å². The number of halogens is 3. The number of aliphatic imine (C=N–C) groups is 1. The molecule has 0 heterocycles. The van der Waals surface area contributed by atoms with Gasteiger partial charge in [0.1, 0.15) is 11.6 Å². The Bertz CT molecular complexity index is 523. The van der Waals surface area contributed by atoms with Crippen LogP contribution in [0.2, 0.25) is 0 Å². The molecule has 0 aromatic heterocycles. The van der Waals surface area contributed by atoms with Crippen molar-refractivity contribution in [2.75, 3.05) is 19.7 Å². The summed E-state index contributed by atoms with van der Waals surface area (Å²) in [5.74, 6) is -0.244. The monoisotopic (exact) mass is 469 g/mol. The summed E-state index contributed by atoms with van der Waals surface area (Å²) in [4.78, 5) is 4.55. The first-order valence-corrected chi connectivity index (χ1v) is 8.62. The molecule has 0 aliphatic carbocycles. The summed E-state index contributed by atoms with van der Waals surface area (Å²) in [6.45, 7) is 7.31. The lowest BCUT2D eigenvalue weighted by atomic mass is 10.0. The van der Waals surface area contributed by atoms with Crippen LogP contribution in [0.4, 0.5) is 8.78 Å². The topological polar surface area (TPSA) is 56.7 Å². The van der Waals surface area contributed by atoms with E-state index in [0.717, 1.165) is 25.3 Å². The van der Waals surface area contributed by atoms with Gasteiger partial charge in [-0.1, -0.05) is 19.4 Å². The number of rotatable bonds is 9. The highest BCUT2D eigenvalue weighted by Crippen LogP contribution is 2.17. The van der Waals surface area contributed by atoms with Crippen molar-refractivity contribution in [1.82, 2.24) is 10.6 Å². The first kappa shape index (κ1) is 24.0. The third-order valence-corrected chi connectivity index (χ3v) is 3.87. The number of nitrogens with zero attached hydrogens (tertiary/aromatic N) is 1. The minimum atomic E-state index is -0.588. The largest absolute Gasteiger partial charge is 0.396 e. The van der Waals surface area contributed by atoms with Crippen LogP contribution in [0, 0.1) is 17.6 Å². The Hall–Kier alpha value is -0.960. The van der Waals surface area contributed by atoms with E-state index in [4.69, 9.17) is 5.11 Å². The predicted octanol–water partition coefficient (Wildman–Crippen LogP) is 4.00. The third-order valence-electron chi connectivity index (χ3n) is 3.87. The second-order valence-corrected chi connectivity index (χ2v) is 5.92. The molecular weight excluding hydrogens is 439 g/mol. The summed E-state index contributed by atoms with van der Waals surface area (Å²) in [6.07, 6.45) is 2.77. The molecule has 0 fully saturated rings. The van der Waals surface area contributed by atoms with E-state index >= 15 is 0 Å². The summed E-state index contributed by atoms with van der Waals surface area (Å²) in [7, 11) is 0. The van der Waals surface area contributed by atoms with Crippen LogP contribution in [0.15, 0.2) is 23.2 Å². The van der Waals surface area contributed by atoms with Crippen molar-refractivity contribution in [1.29, 1.82) is 0 Å². The third kappa shape index (κ3) is 8.80.